The predicted molar refractivity (Wildman–Crippen MR) is 100 cm³/mol. The molecule has 134 valence electrons. The van der Waals surface area contributed by atoms with Gasteiger partial charge >= 0.3 is 5.97 Å². The molecule has 0 bridgehead atoms. The van der Waals surface area contributed by atoms with Gasteiger partial charge in [-0.1, -0.05) is 36.4 Å². The highest BCUT2D eigenvalue weighted by atomic mass is 16.4. The third-order valence-electron chi connectivity index (χ3n) is 4.76. The summed E-state index contributed by atoms with van der Waals surface area (Å²) in [5, 5.41) is 12.5. The number of rotatable bonds is 5. The number of pyridine rings is 1. The fraction of sp³-hybridized carbons (Fsp3) is 0.300. The summed E-state index contributed by atoms with van der Waals surface area (Å²) in [4.78, 5) is 18.3. The van der Waals surface area contributed by atoms with Crippen LogP contribution in [0.15, 0.2) is 48.7 Å². The number of carboxylic acids is 1. The third-order valence-corrected chi connectivity index (χ3v) is 4.76. The lowest BCUT2D eigenvalue weighted by molar-refractivity contribution is -0.136. The van der Waals surface area contributed by atoms with Crippen molar-refractivity contribution >= 4 is 11.6 Å². The standard InChI is InChI=1S/C20H22N4O2/c25-19(26)12-15-6-7-18-22-20(16-4-2-1-3-5-16)17(24(18)13-15)14-23-10-8-21-9-11-23/h1-7,13,21H,8-12,14H2,(H,25,26). The number of hydrogen-bond donors (Lipinski definition) is 2. The molecule has 3 heterocycles. The van der Waals surface area contributed by atoms with Crippen molar-refractivity contribution in [1.29, 1.82) is 0 Å². The van der Waals surface area contributed by atoms with Gasteiger partial charge in [-0.2, -0.15) is 0 Å². The zero-order valence-corrected chi connectivity index (χ0v) is 14.6. The van der Waals surface area contributed by atoms with Gasteiger partial charge in [0.1, 0.15) is 5.65 Å². The molecule has 1 aliphatic heterocycles. The van der Waals surface area contributed by atoms with Gasteiger partial charge in [0.05, 0.1) is 17.8 Å². The molecule has 26 heavy (non-hydrogen) atoms. The monoisotopic (exact) mass is 350 g/mol. The molecular weight excluding hydrogens is 328 g/mol. The van der Waals surface area contributed by atoms with Crippen molar-refractivity contribution in [2.45, 2.75) is 13.0 Å². The van der Waals surface area contributed by atoms with Crippen molar-refractivity contribution in [1.82, 2.24) is 19.6 Å². The second-order valence-electron chi connectivity index (χ2n) is 6.64. The summed E-state index contributed by atoms with van der Waals surface area (Å²) in [6.45, 7) is 4.76. The first kappa shape index (κ1) is 16.8. The molecule has 3 aromatic rings. The number of benzene rings is 1. The number of nitrogens with zero attached hydrogens (tertiary/aromatic N) is 3. The molecule has 2 aromatic heterocycles. The Labute approximate surface area is 152 Å². The number of piperazine rings is 1. The van der Waals surface area contributed by atoms with Crippen LogP contribution in [0.4, 0.5) is 0 Å². The summed E-state index contributed by atoms with van der Waals surface area (Å²) in [7, 11) is 0. The number of aromatic nitrogens is 2. The van der Waals surface area contributed by atoms with Crippen molar-refractivity contribution in [2.24, 2.45) is 0 Å². The van der Waals surface area contributed by atoms with E-state index in [4.69, 9.17) is 10.1 Å². The molecule has 2 N–H and O–H groups in total. The van der Waals surface area contributed by atoms with Gasteiger partial charge in [-0.3, -0.25) is 9.69 Å². The average molecular weight is 350 g/mol. The maximum atomic E-state index is 11.1. The molecule has 1 aliphatic rings. The summed E-state index contributed by atoms with van der Waals surface area (Å²) in [6.07, 6.45) is 1.93. The van der Waals surface area contributed by atoms with Crippen molar-refractivity contribution in [3.05, 3.63) is 59.9 Å². The van der Waals surface area contributed by atoms with Crippen LogP contribution in [0.3, 0.4) is 0 Å². The Morgan fingerprint density at radius 2 is 1.88 bits per heavy atom. The number of imidazole rings is 1. The lowest BCUT2D eigenvalue weighted by Gasteiger charge is -2.27. The fourth-order valence-electron chi connectivity index (χ4n) is 3.48. The van der Waals surface area contributed by atoms with Gasteiger partial charge in [-0.25, -0.2) is 4.98 Å². The molecular formula is C20H22N4O2. The minimum absolute atomic E-state index is 0.0157. The molecule has 0 atom stereocenters. The number of nitrogens with one attached hydrogen (secondary N) is 1. The molecule has 0 amide bonds. The minimum atomic E-state index is -0.823. The van der Waals surface area contributed by atoms with Crippen LogP contribution >= 0.6 is 0 Å². The number of carboxylic acid groups (broad SMARTS) is 1. The maximum absolute atomic E-state index is 11.1. The third kappa shape index (κ3) is 3.47. The van der Waals surface area contributed by atoms with Crippen LogP contribution in [0.2, 0.25) is 0 Å². The Morgan fingerprint density at radius 1 is 1.12 bits per heavy atom. The number of aliphatic carboxylic acids is 1. The van der Waals surface area contributed by atoms with Crippen LogP contribution in [0.5, 0.6) is 0 Å². The van der Waals surface area contributed by atoms with Gasteiger partial charge in [0.15, 0.2) is 0 Å². The molecule has 6 nitrogen and oxygen atoms in total. The number of carbonyl (C=O) groups is 1. The number of hydrogen-bond acceptors (Lipinski definition) is 4. The van der Waals surface area contributed by atoms with Gasteiger partial charge in [0.2, 0.25) is 0 Å². The van der Waals surface area contributed by atoms with E-state index < -0.39 is 5.97 Å². The van der Waals surface area contributed by atoms with E-state index in [1.165, 1.54) is 0 Å². The zero-order valence-electron chi connectivity index (χ0n) is 14.6. The van der Waals surface area contributed by atoms with E-state index in [1.54, 1.807) is 0 Å². The first-order valence-electron chi connectivity index (χ1n) is 8.91. The lowest BCUT2D eigenvalue weighted by atomic mass is 10.1. The Hall–Kier alpha value is -2.70. The maximum Gasteiger partial charge on any atom is 0.307 e. The summed E-state index contributed by atoms with van der Waals surface area (Å²) in [5.74, 6) is -0.823. The molecule has 1 aromatic carbocycles. The van der Waals surface area contributed by atoms with Crippen LogP contribution in [0.25, 0.3) is 16.9 Å². The zero-order chi connectivity index (χ0) is 17.9. The Bertz CT molecular complexity index is 914. The van der Waals surface area contributed by atoms with Crippen molar-refractivity contribution in [2.75, 3.05) is 26.2 Å². The highest BCUT2D eigenvalue weighted by molar-refractivity contribution is 5.71. The molecule has 6 heteroatoms. The SMILES string of the molecule is O=C(O)Cc1ccc2nc(-c3ccccc3)c(CN3CCNCC3)n2c1. The highest BCUT2D eigenvalue weighted by Crippen LogP contribution is 2.26. The van der Waals surface area contributed by atoms with Gasteiger partial charge in [-0.15, -0.1) is 0 Å². The second-order valence-corrected chi connectivity index (χ2v) is 6.64. The normalized spacial score (nSPS) is 15.4. The molecule has 0 spiro atoms. The Morgan fingerprint density at radius 3 is 2.62 bits per heavy atom. The average Bonchev–Trinajstić information content (AvgIpc) is 3.01. The van der Waals surface area contributed by atoms with Crippen LogP contribution < -0.4 is 5.32 Å². The predicted octanol–water partition coefficient (Wildman–Crippen LogP) is 2.03. The molecule has 1 fully saturated rings. The van der Waals surface area contributed by atoms with Crippen molar-refractivity contribution in [3.8, 4) is 11.3 Å². The van der Waals surface area contributed by atoms with E-state index >= 15 is 0 Å². The first-order chi connectivity index (χ1) is 12.7. The fourth-order valence-corrected chi connectivity index (χ4v) is 3.48. The van der Waals surface area contributed by atoms with Gasteiger partial charge in [0.25, 0.3) is 0 Å². The van der Waals surface area contributed by atoms with Gasteiger partial charge in [0, 0.05) is 44.5 Å². The van der Waals surface area contributed by atoms with Gasteiger partial charge in [-0.05, 0) is 11.6 Å². The highest BCUT2D eigenvalue weighted by Gasteiger charge is 2.19. The minimum Gasteiger partial charge on any atom is -0.481 e. The summed E-state index contributed by atoms with van der Waals surface area (Å²) in [5.41, 5.74) is 4.80. The van der Waals surface area contributed by atoms with E-state index in [0.717, 1.165) is 60.9 Å². The van der Waals surface area contributed by atoms with E-state index in [2.05, 4.69) is 26.8 Å². The summed E-state index contributed by atoms with van der Waals surface area (Å²) >= 11 is 0. The molecule has 0 unspecified atom stereocenters. The van der Waals surface area contributed by atoms with Crippen molar-refractivity contribution in [3.63, 3.8) is 0 Å². The number of fused-ring (bicyclic) bond motifs is 1. The smallest absolute Gasteiger partial charge is 0.307 e. The molecule has 0 saturated carbocycles. The molecule has 4 rings (SSSR count). The summed E-state index contributed by atoms with van der Waals surface area (Å²) < 4.78 is 2.06. The van der Waals surface area contributed by atoms with E-state index in [0.29, 0.717) is 0 Å². The van der Waals surface area contributed by atoms with Crippen LogP contribution in [-0.4, -0.2) is 51.5 Å². The Balaban J connectivity index is 1.80. The molecule has 1 saturated heterocycles. The topological polar surface area (TPSA) is 69.9 Å². The van der Waals surface area contributed by atoms with E-state index in [9.17, 15) is 4.79 Å². The summed E-state index contributed by atoms with van der Waals surface area (Å²) in [6, 6.07) is 13.9. The lowest BCUT2D eigenvalue weighted by Crippen LogP contribution is -2.43. The quantitative estimate of drug-likeness (QED) is 0.737. The van der Waals surface area contributed by atoms with E-state index in [-0.39, 0.29) is 6.42 Å². The first-order valence-corrected chi connectivity index (χ1v) is 8.91. The van der Waals surface area contributed by atoms with Crippen LogP contribution in [-0.2, 0) is 17.8 Å². The second kappa shape index (κ2) is 7.27. The van der Waals surface area contributed by atoms with Crippen LogP contribution in [0.1, 0.15) is 11.3 Å². The molecule has 0 radical (unpaired) electrons. The van der Waals surface area contributed by atoms with Crippen LogP contribution in [0, 0.1) is 0 Å². The van der Waals surface area contributed by atoms with Crippen molar-refractivity contribution < 1.29 is 9.90 Å². The van der Waals surface area contributed by atoms with E-state index in [1.807, 2.05) is 36.5 Å². The van der Waals surface area contributed by atoms with Gasteiger partial charge < -0.3 is 14.8 Å². The molecule has 0 aliphatic carbocycles. The Kier molecular flexibility index (Phi) is 4.69. The largest absolute Gasteiger partial charge is 0.481 e.